The second-order valence-corrected chi connectivity index (χ2v) is 6.29. The van der Waals surface area contributed by atoms with Crippen LogP contribution < -0.4 is 5.32 Å². The highest BCUT2D eigenvalue weighted by molar-refractivity contribution is 5.80. The first-order valence-corrected chi connectivity index (χ1v) is 8.66. The SMILES string of the molecule is CCNC(=NCCC1CCN(CC)CC1)N1CC[C@@H](O)C1. The van der Waals surface area contributed by atoms with Crippen LogP contribution in [-0.2, 0) is 0 Å². The summed E-state index contributed by atoms with van der Waals surface area (Å²) in [6, 6.07) is 0. The van der Waals surface area contributed by atoms with Crippen molar-refractivity contribution in [1.29, 1.82) is 0 Å². The average Bonchev–Trinajstić information content (AvgIpc) is 2.93. The maximum Gasteiger partial charge on any atom is 0.194 e. The van der Waals surface area contributed by atoms with Gasteiger partial charge in [-0.3, -0.25) is 4.99 Å². The molecule has 2 fully saturated rings. The molecule has 0 radical (unpaired) electrons. The molecule has 0 unspecified atom stereocenters. The van der Waals surface area contributed by atoms with Crippen molar-refractivity contribution >= 4 is 5.96 Å². The minimum absolute atomic E-state index is 0.188. The largest absolute Gasteiger partial charge is 0.391 e. The van der Waals surface area contributed by atoms with Gasteiger partial charge in [0.2, 0.25) is 0 Å². The Balaban J connectivity index is 1.75. The van der Waals surface area contributed by atoms with Gasteiger partial charge in [-0.25, -0.2) is 0 Å². The van der Waals surface area contributed by atoms with Crippen LogP contribution in [0.25, 0.3) is 0 Å². The lowest BCUT2D eigenvalue weighted by atomic mass is 9.94. The van der Waals surface area contributed by atoms with Gasteiger partial charge in [0, 0.05) is 26.2 Å². The molecule has 21 heavy (non-hydrogen) atoms. The number of hydrogen-bond donors (Lipinski definition) is 2. The van der Waals surface area contributed by atoms with E-state index in [-0.39, 0.29) is 6.10 Å². The van der Waals surface area contributed by atoms with Gasteiger partial charge in [-0.15, -0.1) is 0 Å². The molecule has 2 rings (SSSR count). The number of aliphatic imine (C=N–C) groups is 1. The Labute approximate surface area is 129 Å². The summed E-state index contributed by atoms with van der Waals surface area (Å²) in [6.45, 7) is 11.5. The van der Waals surface area contributed by atoms with Gasteiger partial charge in [0.05, 0.1) is 6.10 Å². The van der Waals surface area contributed by atoms with Crippen LogP contribution in [0.3, 0.4) is 0 Å². The normalized spacial score (nSPS) is 25.6. The molecule has 0 aromatic heterocycles. The fraction of sp³-hybridized carbons (Fsp3) is 0.938. The van der Waals surface area contributed by atoms with Gasteiger partial charge in [-0.2, -0.15) is 0 Å². The monoisotopic (exact) mass is 296 g/mol. The van der Waals surface area contributed by atoms with Crippen LogP contribution in [-0.4, -0.2) is 72.8 Å². The molecule has 2 heterocycles. The molecule has 5 heteroatoms. The molecule has 122 valence electrons. The predicted octanol–water partition coefficient (Wildman–Crippen LogP) is 1.14. The zero-order valence-electron chi connectivity index (χ0n) is 13.7. The number of hydrogen-bond acceptors (Lipinski definition) is 3. The molecular weight excluding hydrogens is 264 g/mol. The third kappa shape index (κ3) is 5.15. The zero-order valence-corrected chi connectivity index (χ0v) is 13.7. The molecule has 2 saturated heterocycles. The van der Waals surface area contributed by atoms with Gasteiger partial charge >= 0.3 is 0 Å². The number of aliphatic hydroxyl groups excluding tert-OH is 1. The minimum Gasteiger partial charge on any atom is -0.391 e. The molecule has 2 N–H and O–H groups in total. The van der Waals surface area contributed by atoms with Crippen LogP contribution in [0.1, 0.15) is 39.5 Å². The Bertz CT molecular complexity index is 326. The summed E-state index contributed by atoms with van der Waals surface area (Å²) >= 11 is 0. The van der Waals surface area contributed by atoms with E-state index in [1.54, 1.807) is 0 Å². The van der Waals surface area contributed by atoms with Crippen molar-refractivity contribution in [2.45, 2.75) is 45.6 Å². The second-order valence-electron chi connectivity index (χ2n) is 6.29. The summed E-state index contributed by atoms with van der Waals surface area (Å²) in [5.41, 5.74) is 0. The number of guanidine groups is 1. The van der Waals surface area contributed by atoms with E-state index in [0.717, 1.165) is 44.5 Å². The van der Waals surface area contributed by atoms with E-state index in [4.69, 9.17) is 4.99 Å². The van der Waals surface area contributed by atoms with Gasteiger partial charge in [0.25, 0.3) is 0 Å². The summed E-state index contributed by atoms with van der Waals surface area (Å²) in [5.74, 6) is 1.82. The van der Waals surface area contributed by atoms with Crippen LogP contribution in [0.5, 0.6) is 0 Å². The lowest BCUT2D eigenvalue weighted by molar-refractivity contribution is 0.186. The molecule has 0 saturated carbocycles. The number of piperidine rings is 1. The van der Waals surface area contributed by atoms with Gasteiger partial charge in [-0.05, 0) is 58.2 Å². The number of likely N-dealkylation sites (tertiary alicyclic amines) is 2. The summed E-state index contributed by atoms with van der Waals surface area (Å²) in [5, 5.41) is 13.0. The maximum absolute atomic E-state index is 9.67. The molecule has 5 nitrogen and oxygen atoms in total. The Kier molecular flexibility index (Phi) is 6.77. The van der Waals surface area contributed by atoms with Crippen LogP contribution in [0.4, 0.5) is 0 Å². The first kappa shape index (κ1) is 16.6. The Hall–Kier alpha value is -0.810. The van der Waals surface area contributed by atoms with Crippen molar-refractivity contribution in [2.75, 3.05) is 45.8 Å². The molecule has 2 aliphatic rings. The van der Waals surface area contributed by atoms with E-state index >= 15 is 0 Å². The van der Waals surface area contributed by atoms with Crippen LogP contribution >= 0.6 is 0 Å². The summed E-state index contributed by atoms with van der Waals surface area (Å²) in [4.78, 5) is 9.50. The van der Waals surface area contributed by atoms with E-state index in [1.807, 2.05) is 0 Å². The van der Waals surface area contributed by atoms with E-state index < -0.39 is 0 Å². The van der Waals surface area contributed by atoms with E-state index in [0.29, 0.717) is 0 Å². The fourth-order valence-corrected chi connectivity index (χ4v) is 3.30. The molecule has 0 aromatic carbocycles. The van der Waals surface area contributed by atoms with E-state index in [2.05, 4.69) is 29.0 Å². The predicted molar refractivity (Wildman–Crippen MR) is 87.6 cm³/mol. The van der Waals surface area contributed by atoms with Crippen molar-refractivity contribution < 1.29 is 5.11 Å². The first-order chi connectivity index (χ1) is 10.2. The zero-order chi connectivity index (χ0) is 15.1. The Morgan fingerprint density at radius 1 is 1.19 bits per heavy atom. The average molecular weight is 296 g/mol. The Morgan fingerprint density at radius 3 is 2.52 bits per heavy atom. The number of nitrogens with zero attached hydrogens (tertiary/aromatic N) is 3. The topological polar surface area (TPSA) is 51.1 Å². The third-order valence-electron chi connectivity index (χ3n) is 4.75. The second kappa shape index (κ2) is 8.59. The van der Waals surface area contributed by atoms with Crippen LogP contribution in [0.15, 0.2) is 4.99 Å². The van der Waals surface area contributed by atoms with Gasteiger partial charge in [0.1, 0.15) is 0 Å². The molecule has 0 spiro atoms. The fourth-order valence-electron chi connectivity index (χ4n) is 3.30. The number of nitrogens with one attached hydrogen (secondary N) is 1. The number of aliphatic hydroxyl groups is 1. The molecule has 0 bridgehead atoms. The lowest BCUT2D eigenvalue weighted by Gasteiger charge is -2.30. The molecule has 1 atom stereocenters. The van der Waals surface area contributed by atoms with Crippen molar-refractivity contribution in [2.24, 2.45) is 10.9 Å². The third-order valence-corrected chi connectivity index (χ3v) is 4.75. The van der Waals surface area contributed by atoms with Crippen LogP contribution in [0, 0.1) is 5.92 Å². The quantitative estimate of drug-likeness (QED) is 0.590. The maximum atomic E-state index is 9.67. The molecule has 0 aromatic rings. The van der Waals surface area contributed by atoms with Gasteiger partial charge in [0.15, 0.2) is 5.96 Å². The van der Waals surface area contributed by atoms with Crippen molar-refractivity contribution in [3.8, 4) is 0 Å². The highest BCUT2D eigenvalue weighted by atomic mass is 16.3. The van der Waals surface area contributed by atoms with Crippen LogP contribution in [0.2, 0.25) is 0 Å². The highest BCUT2D eigenvalue weighted by Gasteiger charge is 2.23. The van der Waals surface area contributed by atoms with E-state index in [1.165, 1.54) is 38.9 Å². The summed E-state index contributed by atoms with van der Waals surface area (Å²) < 4.78 is 0. The van der Waals surface area contributed by atoms with Gasteiger partial charge in [-0.1, -0.05) is 6.92 Å². The smallest absolute Gasteiger partial charge is 0.194 e. The lowest BCUT2D eigenvalue weighted by Crippen LogP contribution is -2.40. The number of rotatable bonds is 5. The highest BCUT2D eigenvalue weighted by Crippen LogP contribution is 2.20. The first-order valence-electron chi connectivity index (χ1n) is 8.66. The van der Waals surface area contributed by atoms with E-state index in [9.17, 15) is 5.11 Å². The minimum atomic E-state index is -0.188. The summed E-state index contributed by atoms with van der Waals surface area (Å²) in [6.07, 6.45) is 4.51. The standard InChI is InChI=1S/C16H32N4O/c1-3-17-16(20-12-8-15(21)13-20)18-9-5-14-6-10-19(4-2)11-7-14/h14-15,21H,3-13H2,1-2H3,(H,17,18)/t15-/m1/s1. The van der Waals surface area contributed by atoms with Crippen molar-refractivity contribution in [1.82, 2.24) is 15.1 Å². The molecule has 0 aliphatic carbocycles. The summed E-state index contributed by atoms with van der Waals surface area (Å²) in [7, 11) is 0. The molecule has 2 aliphatic heterocycles. The van der Waals surface area contributed by atoms with Gasteiger partial charge < -0.3 is 20.2 Å². The van der Waals surface area contributed by atoms with Crippen molar-refractivity contribution in [3.05, 3.63) is 0 Å². The molecule has 0 amide bonds. The number of β-amino-alcohol motifs (C(OH)–C–C–N with tert-alkyl or cyclic N) is 1. The van der Waals surface area contributed by atoms with Crippen molar-refractivity contribution in [3.63, 3.8) is 0 Å². The molecular formula is C16H32N4O. The Morgan fingerprint density at radius 2 is 1.95 bits per heavy atom.